The van der Waals surface area contributed by atoms with Crippen LogP contribution in [-0.2, 0) is 11.2 Å². The van der Waals surface area contributed by atoms with Crippen LogP contribution in [0.2, 0.25) is 5.15 Å². The van der Waals surface area contributed by atoms with Gasteiger partial charge in [-0.15, -0.1) is 11.3 Å². The minimum Gasteiger partial charge on any atom is -0.336 e. The zero-order valence-electron chi connectivity index (χ0n) is 13.6. The molecule has 0 N–H and O–H groups in total. The highest BCUT2D eigenvalue weighted by Crippen LogP contribution is 2.24. The Kier molecular flexibility index (Phi) is 4.59. The number of aromatic nitrogens is 2. The van der Waals surface area contributed by atoms with Crippen molar-refractivity contribution < 1.29 is 4.79 Å². The zero-order chi connectivity index (χ0) is 17.2. The van der Waals surface area contributed by atoms with Crippen molar-refractivity contribution in [2.24, 2.45) is 0 Å². The maximum Gasteiger partial charge on any atom is 0.246 e. The third-order valence-electron chi connectivity index (χ3n) is 4.61. The van der Waals surface area contributed by atoms with Gasteiger partial charge in [0.15, 0.2) is 10.1 Å². The zero-order valence-corrected chi connectivity index (χ0v) is 15.2. The summed E-state index contributed by atoms with van der Waals surface area (Å²) < 4.78 is 1.90. The topological polar surface area (TPSA) is 37.6 Å². The van der Waals surface area contributed by atoms with Crippen molar-refractivity contribution >= 4 is 39.9 Å². The summed E-state index contributed by atoms with van der Waals surface area (Å²) in [6.07, 6.45) is 8.32. The molecule has 1 saturated heterocycles. The number of fused-ring (bicyclic) bond motifs is 1. The van der Waals surface area contributed by atoms with Crippen LogP contribution >= 0.6 is 22.9 Å². The molecule has 1 fully saturated rings. The highest BCUT2D eigenvalue weighted by atomic mass is 35.5. The fourth-order valence-electron chi connectivity index (χ4n) is 3.40. The van der Waals surface area contributed by atoms with Gasteiger partial charge in [-0.1, -0.05) is 41.9 Å². The number of hydrogen-bond donors (Lipinski definition) is 0. The SMILES string of the molecule is O=C(/C=C/c1c(Cl)nc2sccn12)N1CCCC1Cc1ccccc1. The Morgan fingerprint density at radius 1 is 1.36 bits per heavy atom. The lowest BCUT2D eigenvalue weighted by atomic mass is 10.0. The molecule has 1 amide bonds. The maximum absolute atomic E-state index is 12.7. The molecule has 3 aromatic rings. The van der Waals surface area contributed by atoms with E-state index >= 15 is 0 Å². The number of amides is 1. The first kappa shape index (κ1) is 16.4. The molecule has 0 bridgehead atoms. The third kappa shape index (κ3) is 3.34. The number of rotatable bonds is 4. The summed E-state index contributed by atoms with van der Waals surface area (Å²) in [6.45, 7) is 0.814. The standard InChI is InChI=1S/C19H18ClN3OS/c20-18-16(23-11-12-25-19(23)21-18)8-9-17(24)22-10-4-7-15(22)13-14-5-2-1-3-6-14/h1-3,5-6,8-9,11-12,15H,4,7,10,13H2/b9-8+. The van der Waals surface area contributed by atoms with Gasteiger partial charge in [0, 0.05) is 30.2 Å². The molecule has 1 aliphatic rings. The van der Waals surface area contributed by atoms with E-state index in [1.165, 1.54) is 16.9 Å². The molecule has 6 heteroatoms. The van der Waals surface area contributed by atoms with E-state index in [0.717, 1.165) is 36.5 Å². The van der Waals surface area contributed by atoms with Gasteiger partial charge in [0.25, 0.3) is 0 Å². The second kappa shape index (κ2) is 7.02. The molecular formula is C19H18ClN3OS. The molecule has 25 heavy (non-hydrogen) atoms. The second-order valence-electron chi connectivity index (χ2n) is 6.19. The first-order valence-electron chi connectivity index (χ1n) is 8.36. The van der Waals surface area contributed by atoms with Crippen LogP contribution in [0, 0.1) is 0 Å². The molecule has 128 valence electrons. The number of benzene rings is 1. The maximum atomic E-state index is 12.7. The van der Waals surface area contributed by atoms with Crippen molar-refractivity contribution in [3.8, 4) is 0 Å². The smallest absolute Gasteiger partial charge is 0.246 e. The van der Waals surface area contributed by atoms with E-state index in [4.69, 9.17) is 11.6 Å². The fourth-order valence-corrected chi connectivity index (χ4v) is 4.40. The largest absolute Gasteiger partial charge is 0.336 e. The molecule has 0 radical (unpaired) electrons. The van der Waals surface area contributed by atoms with Gasteiger partial charge in [0.05, 0.1) is 5.69 Å². The number of likely N-dealkylation sites (tertiary alicyclic amines) is 1. The average Bonchev–Trinajstić information content (AvgIpc) is 3.31. The normalized spacial score (nSPS) is 17.8. The highest BCUT2D eigenvalue weighted by molar-refractivity contribution is 7.15. The number of imidazole rings is 1. The van der Waals surface area contributed by atoms with Gasteiger partial charge in [-0.25, -0.2) is 4.98 Å². The van der Waals surface area contributed by atoms with Crippen LogP contribution in [0.3, 0.4) is 0 Å². The van der Waals surface area contributed by atoms with Gasteiger partial charge in [-0.05, 0) is 30.9 Å². The number of thiazole rings is 1. The molecule has 1 aromatic carbocycles. The Bertz CT molecular complexity index is 915. The number of nitrogens with zero attached hydrogens (tertiary/aromatic N) is 3. The van der Waals surface area contributed by atoms with Crippen LogP contribution in [0.15, 0.2) is 48.0 Å². The van der Waals surface area contributed by atoms with E-state index in [1.807, 2.05) is 39.1 Å². The summed E-state index contributed by atoms with van der Waals surface area (Å²) in [5, 5.41) is 2.38. The van der Waals surface area contributed by atoms with E-state index in [2.05, 4.69) is 17.1 Å². The summed E-state index contributed by atoms with van der Waals surface area (Å²) in [4.78, 5) is 19.8. The van der Waals surface area contributed by atoms with Crippen LogP contribution < -0.4 is 0 Å². The lowest BCUT2D eigenvalue weighted by molar-refractivity contribution is -0.126. The van der Waals surface area contributed by atoms with Gasteiger partial charge in [0.2, 0.25) is 5.91 Å². The molecule has 4 rings (SSSR count). The van der Waals surface area contributed by atoms with Gasteiger partial charge >= 0.3 is 0 Å². The summed E-state index contributed by atoms with van der Waals surface area (Å²) in [7, 11) is 0. The Morgan fingerprint density at radius 2 is 2.20 bits per heavy atom. The van der Waals surface area contributed by atoms with Crippen molar-refractivity contribution in [2.45, 2.75) is 25.3 Å². The van der Waals surface area contributed by atoms with E-state index in [1.54, 1.807) is 12.2 Å². The molecule has 3 heterocycles. The lowest BCUT2D eigenvalue weighted by Crippen LogP contribution is -2.35. The Morgan fingerprint density at radius 3 is 3.04 bits per heavy atom. The van der Waals surface area contributed by atoms with Crippen molar-refractivity contribution in [3.05, 3.63) is 64.4 Å². The Labute approximate surface area is 155 Å². The molecule has 1 atom stereocenters. The molecule has 1 unspecified atom stereocenters. The van der Waals surface area contributed by atoms with Crippen LogP contribution in [0.4, 0.5) is 0 Å². The highest BCUT2D eigenvalue weighted by Gasteiger charge is 2.27. The first-order chi connectivity index (χ1) is 12.2. The quantitative estimate of drug-likeness (QED) is 0.641. The Balaban J connectivity index is 1.50. The van der Waals surface area contributed by atoms with Crippen molar-refractivity contribution in [1.82, 2.24) is 14.3 Å². The predicted molar refractivity (Wildman–Crippen MR) is 102 cm³/mol. The minimum atomic E-state index is 0.0414. The molecule has 4 nitrogen and oxygen atoms in total. The number of halogens is 1. The van der Waals surface area contributed by atoms with Crippen LogP contribution in [0.1, 0.15) is 24.1 Å². The van der Waals surface area contributed by atoms with Crippen LogP contribution in [0.25, 0.3) is 11.0 Å². The summed E-state index contributed by atoms with van der Waals surface area (Å²) in [5.41, 5.74) is 2.03. The van der Waals surface area contributed by atoms with Crippen molar-refractivity contribution in [3.63, 3.8) is 0 Å². The number of carbonyl (C=O) groups excluding carboxylic acids is 1. The predicted octanol–water partition coefficient (Wildman–Crippen LogP) is 4.30. The van der Waals surface area contributed by atoms with Crippen LogP contribution in [-0.4, -0.2) is 32.8 Å². The van der Waals surface area contributed by atoms with Crippen molar-refractivity contribution in [2.75, 3.05) is 6.54 Å². The fraction of sp³-hybridized carbons (Fsp3) is 0.263. The van der Waals surface area contributed by atoms with Crippen LogP contribution in [0.5, 0.6) is 0 Å². The minimum absolute atomic E-state index is 0.0414. The molecule has 1 aliphatic heterocycles. The molecular weight excluding hydrogens is 354 g/mol. The molecule has 0 saturated carbocycles. The van der Waals surface area contributed by atoms with Gasteiger partial charge in [-0.3, -0.25) is 9.20 Å². The summed E-state index contributed by atoms with van der Waals surface area (Å²) in [5.74, 6) is 0.0414. The second-order valence-corrected chi connectivity index (χ2v) is 7.43. The van der Waals surface area contributed by atoms with Gasteiger partial charge < -0.3 is 4.90 Å². The van der Waals surface area contributed by atoms with E-state index in [-0.39, 0.29) is 11.9 Å². The molecule has 0 spiro atoms. The number of carbonyl (C=O) groups is 1. The van der Waals surface area contributed by atoms with E-state index < -0.39 is 0 Å². The monoisotopic (exact) mass is 371 g/mol. The average molecular weight is 372 g/mol. The van der Waals surface area contributed by atoms with Crippen molar-refractivity contribution in [1.29, 1.82) is 0 Å². The van der Waals surface area contributed by atoms with E-state index in [0.29, 0.717) is 5.15 Å². The first-order valence-corrected chi connectivity index (χ1v) is 9.62. The summed E-state index contributed by atoms with van der Waals surface area (Å²) in [6, 6.07) is 10.6. The third-order valence-corrected chi connectivity index (χ3v) is 5.65. The van der Waals surface area contributed by atoms with E-state index in [9.17, 15) is 4.79 Å². The Hall–Kier alpha value is -2.11. The van der Waals surface area contributed by atoms with Gasteiger partial charge in [-0.2, -0.15) is 0 Å². The summed E-state index contributed by atoms with van der Waals surface area (Å²) >= 11 is 7.71. The molecule has 0 aliphatic carbocycles. The molecule has 2 aromatic heterocycles. The van der Waals surface area contributed by atoms with Gasteiger partial charge in [0.1, 0.15) is 0 Å². The number of hydrogen-bond acceptors (Lipinski definition) is 3. The lowest BCUT2D eigenvalue weighted by Gasteiger charge is -2.23.